The first-order valence-electron chi connectivity index (χ1n) is 7.07. The summed E-state index contributed by atoms with van der Waals surface area (Å²) in [6, 6.07) is 0. The van der Waals surface area contributed by atoms with E-state index >= 15 is 0 Å². The second-order valence-electron chi connectivity index (χ2n) is 2.83. The van der Waals surface area contributed by atoms with Crippen molar-refractivity contribution < 1.29 is 1.37 Å². The highest BCUT2D eigenvalue weighted by Crippen LogP contribution is 1.57. The standard InChI is InChI=1S/4C3H8.C2H6.H3P/c4*1-3-2;1-2;/h4*3H2,1-2H3;1-2H3;1H3/i;;;;1T;. The minimum atomic E-state index is 0. The zero-order chi connectivity index (χ0) is 13.5. The molecule has 0 aliphatic rings. The third-order valence-corrected chi connectivity index (χ3v) is 0. The minimum Gasteiger partial charge on any atom is -0.153 e. The van der Waals surface area contributed by atoms with Crippen LogP contribution < -0.4 is 0 Å². The third-order valence-electron chi connectivity index (χ3n) is 0. The van der Waals surface area contributed by atoms with Crippen LogP contribution in [0.5, 0.6) is 0 Å². The highest BCUT2D eigenvalue weighted by Gasteiger charge is 1.36. The van der Waals surface area contributed by atoms with Crippen LogP contribution in [0.2, 0.25) is 0 Å². The largest absolute Gasteiger partial charge is 0.153 e. The van der Waals surface area contributed by atoms with Crippen molar-refractivity contribution in [1.29, 1.82) is 0 Å². The maximum absolute atomic E-state index is 6.21. The van der Waals surface area contributed by atoms with E-state index in [4.69, 9.17) is 1.37 Å². The van der Waals surface area contributed by atoms with E-state index in [-0.39, 0.29) is 9.90 Å². The summed E-state index contributed by atoms with van der Waals surface area (Å²) < 4.78 is 6.21. The van der Waals surface area contributed by atoms with E-state index in [0.29, 0.717) is 6.90 Å². The van der Waals surface area contributed by atoms with E-state index in [2.05, 4.69) is 55.4 Å². The summed E-state index contributed by atoms with van der Waals surface area (Å²) >= 11 is 0. The van der Waals surface area contributed by atoms with Crippen molar-refractivity contribution in [2.45, 2.75) is 94.9 Å². The fraction of sp³-hybridized carbons (Fsp3) is 1.00. The van der Waals surface area contributed by atoms with Crippen molar-refractivity contribution in [3.8, 4) is 0 Å². The Morgan fingerprint density at radius 2 is 0.600 bits per heavy atom. The molecular formula is C14H41P. The summed E-state index contributed by atoms with van der Waals surface area (Å²) in [4.78, 5) is 0. The maximum Gasteiger partial charge on any atom is 0.0228 e. The molecule has 0 saturated carbocycles. The summed E-state index contributed by atoms with van der Waals surface area (Å²) in [6.45, 7) is 19.3. The third kappa shape index (κ3) is 12100. The predicted octanol–water partition coefficient (Wildman–Crippen LogP) is 6.75. The molecule has 0 aliphatic carbocycles. The number of rotatable bonds is 0. The molecular weight excluding hydrogens is 199 g/mol. The van der Waals surface area contributed by atoms with Crippen LogP contribution in [0.3, 0.4) is 0 Å². The predicted molar refractivity (Wildman–Crippen MR) is 86.3 cm³/mol. The second-order valence-corrected chi connectivity index (χ2v) is 2.83. The Labute approximate surface area is 107 Å². The molecule has 0 heterocycles. The summed E-state index contributed by atoms with van der Waals surface area (Å²) in [5, 5.41) is 0. The van der Waals surface area contributed by atoms with Crippen LogP contribution in [-0.4, -0.2) is 0 Å². The highest BCUT2D eigenvalue weighted by atomic mass is 31.0. The Bertz CT molecular complexity index is 22.3. The van der Waals surface area contributed by atoms with Crippen LogP contribution >= 0.6 is 9.90 Å². The molecule has 0 aliphatic heterocycles. The van der Waals surface area contributed by atoms with Crippen molar-refractivity contribution in [2.75, 3.05) is 0 Å². The van der Waals surface area contributed by atoms with Gasteiger partial charge in [-0.25, -0.2) is 0 Å². The van der Waals surface area contributed by atoms with Gasteiger partial charge in [0, 0.05) is 1.37 Å². The highest BCUT2D eigenvalue weighted by molar-refractivity contribution is 6.92. The molecule has 0 radical (unpaired) electrons. The van der Waals surface area contributed by atoms with Crippen LogP contribution in [0.25, 0.3) is 0 Å². The van der Waals surface area contributed by atoms with Gasteiger partial charge in [-0.05, 0) is 0 Å². The monoisotopic (exact) mass is 242 g/mol. The van der Waals surface area contributed by atoms with E-state index < -0.39 is 0 Å². The SMILES string of the molecule is CCC.CCC.CCC.CCC.P.[3H]CC. The first-order chi connectivity index (χ1) is 7.07. The average Bonchev–Trinajstić information content (AvgIpc) is 2.09. The lowest BCUT2D eigenvalue weighted by Crippen LogP contribution is -1.27. The Morgan fingerprint density at radius 3 is 0.600 bits per heavy atom. The average molecular weight is 242 g/mol. The van der Waals surface area contributed by atoms with Gasteiger partial charge in [-0.15, -0.1) is 0 Å². The molecule has 15 heavy (non-hydrogen) atoms. The van der Waals surface area contributed by atoms with E-state index in [1.807, 2.05) is 0 Å². The smallest absolute Gasteiger partial charge is 0.0228 e. The van der Waals surface area contributed by atoms with Gasteiger partial charge in [0.25, 0.3) is 0 Å². The molecule has 0 aromatic rings. The van der Waals surface area contributed by atoms with Gasteiger partial charge in [0.15, 0.2) is 0 Å². The fourth-order valence-electron chi connectivity index (χ4n) is 0. The molecule has 0 saturated heterocycles. The summed E-state index contributed by atoms with van der Waals surface area (Å²) in [7, 11) is 0. The maximum atomic E-state index is 6.21. The van der Waals surface area contributed by atoms with E-state index in [0.717, 1.165) is 0 Å². The lowest BCUT2D eigenvalue weighted by molar-refractivity contribution is 1.09. The van der Waals surface area contributed by atoms with Crippen molar-refractivity contribution in [1.82, 2.24) is 0 Å². The Morgan fingerprint density at radius 1 is 0.600 bits per heavy atom. The molecule has 0 aromatic heterocycles. The quantitative estimate of drug-likeness (QED) is 0.412. The normalized spacial score (nSPS) is 6.07. The van der Waals surface area contributed by atoms with Crippen LogP contribution in [0.15, 0.2) is 0 Å². The van der Waals surface area contributed by atoms with Gasteiger partial charge >= 0.3 is 0 Å². The van der Waals surface area contributed by atoms with Gasteiger partial charge in [-0.1, -0.05) is 94.9 Å². The van der Waals surface area contributed by atoms with Crippen molar-refractivity contribution in [2.24, 2.45) is 0 Å². The Hall–Kier alpha value is 0.430. The van der Waals surface area contributed by atoms with Crippen molar-refractivity contribution >= 4 is 9.90 Å². The zero-order valence-electron chi connectivity index (χ0n) is 14.2. The van der Waals surface area contributed by atoms with Gasteiger partial charge in [-0.3, -0.25) is 0 Å². The molecule has 1 heteroatoms. The molecule has 0 aromatic carbocycles. The second kappa shape index (κ2) is 133. The first-order valence-corrected chi connectivity index (χ1v) is 6.36. The van der Waals surface area contributed by atoms with Crippen molar-refractivity contribution in [3.63, 3.8) is 0 Å². The van der Waals surface area contributed by atoms with Crippen LogP contribution in [0.1, 0.15) is 96.3 Å². The lowest BCUT2D eigenvalue weighted by atomic mass is 10.6. The topological polar surface area (TPSA) is 0 Å². The molecule has 0 rings (SSSR count). The van der Waals surface area contributed by atoms with Crippen molar-refractivity contribution in [3.05, 3.63) is 0 Å². The molecule has 0 fully saturated rings. The molecule has 0 bridgehead atoms. The van der Waals surface area contributed by atoms with E-state index in [1.54, 1.807) is 6.92 Å². The summed E-state index contributed by atoms with van der Waals surface area (Å²) in [5.41, 5.74) is 0. The molecule has 102 valence electrons. The van der Waals surface area contributed by atoms with Gasteiger partial charge in [0.05, 0.1) is 0 Å². The van der Waals surface area contributed by atoms with Gasteiger partial charge in [0.2, 0.25) is 0 Å². The van der Waals surface area contributed by atoms with Gasteiger partial charge in [0.1, 0.15) is 0 Å². The summed E-state index contributed by atoms with van der Waals surface area (Å²) in [5.74, 6) is 0. The van der Waals surface area contributed by atoms with Gasteiger partial charge in [-0.2, -0.15) is 9.90 Å². The first kappa shape index (κ1) is 29.5. The van der Waals surface area contributed by atoms with Gasteiger partial charge < -0.3 is 0 Å². The molecule has 1 atom stereocenters. The number of hydrogen-bond acceptors (Lipinski definition) is 0. The van der Waals surface area contributed by atoms with E-state index in [9.17, 15) is 0 Å². The Balaban J connectivity index is -0.0000000192. The molecule has 0 nitrogen and oxygen atoms in total. The molecule has 1 unspecified atom stereocenters. The van der Waals surface area contributed by atoms with Crippen LogP contribution in [0, 0.1) is 0 Å². The Kier molecular flexibility index (Phi) is 261. The van der Waals surface area contributed by atoms with Crippen LogP contribution in [-0.2, 0) is 0 Å². The molecule has 0 spiro atoms. The minimum absolute atomic E-state index is 0. The number of hydrogen-bond donors (Lipinski definition) is 0. The summed E-state index contributed by atoms with van der Waals surface area (Å²) in [6.07, 6.45) is 5.00. The fourth-order valence-corrected chi connectivity index (χ4v) is 0. The van der Waals surface area contributed by atoms with Crippen LogP contribution in [0.4, 0.5) is 0 Å². The van der Waals surface area contributed by atoms with E-state index in [1.165, 1.54) is 25.7 Å². The molecule has 0 N–H and O–H groups in total. The lowest BCUT2D eigenvalue weighted by Gasteiger charge is -1.48. The molecule has 0 amide bonds. The zero-order valence-corrected chi connectivity index (χ0v) is 14.7.